The molecule has 1 aliphatic heterocycles. The predicted molar refractivity (Wildman–Crippen MR) is 113 cm³/mol. The number of ketones is 1. The molecule has 1 heterocycles. The molecule has 154 valence electrons. The molecule has 0 saturated heterocycles. The maximum absolute atomic E-state index is 13.1. The average Bonchev–Trinajstić information content (AvgIpc) is 3.27. The summed E-state index contributed by atoms with van der Waals surface area (Å²) in [6, 6.07) is 8.39. The number of rotatable bonds is 8. The van der Waals surface area contributed by atoms with Crippen LogP contribution in [0, 0.1) is 0 Å². The highest BCUT2D eigenvalue weighted by atomic mass is 32.2. The van der Waals surface area contributed by atoms with E-state index in [-0.39, 0.29) is 5.78 Å². The zero-order valence-electron chi connectivity index (χ0n) is 17.0. The highest BCUT2D eigenvalue weighted by molar-refractivity contribution is 8.14. The van der Waals surface area contributed by atoms with Gasteiger partial charge in [0.15, 0.2) is 28.8 Å². The summed E-state index contributed by atoms with van der Waals surface area (Å²) in [6.07, 6.45) is 0. The second-order valence-electron chi connectivity index (χ2n) is 6.11. The Morgan fingerprint density at radius 1 is 0.862 bits per heavy atom. The number of hydrogen-bond acceptors (Lipinski definition) is 8. The van der Waals surface area contributed by atoms with Gasteiger partial charge in [-0.25, -0.2) is 0 Å². The Hall–Kier alpha value is -2.87. The molecule has 0 radical (unpaired) electrons. The monoisotopic (exact) mass is 417 g/mol. The number of aliphatic imine (C=N–C) groups is 1. The highest BCUT2D eigenvalue weighted by Gasteiger charge is 2.29. The lowest BCUT2D eigenvalue weighted by Crippen LogP contribution is -2.19. The molecule has 1 atom stereocenters. The minimum absolute atomic E-state index is 0.104. The van der Waals surface area contributed by atoms with E-state index >= 15 is 0 Å². The Labute approximate surface area is 174 Å². The van der Waals surface area contributed by atoms with Gasteiger partial charge in [-0.15, -0.1) is 11.8 Å². The lowest BCUT2D eigenvalue weighted by molar-refractivity contribution is 0.0971. The normalized spacial score (nSPS) is 15.5. The summed E-state index contributed by atoms with van der Waals surface area (Å²) in [4.78, 5) is 17.7. The van der Waals surface area contributed by atoms with Crippen LogP contribution in [0.25, 0.3) is 0 Å². The van der Waals surface area contributed by atoms with Crippen molar-refractivity contribution in [2.45, 2.75) is 6.04 Å². The Morgan fingerprint density at radius 3 is 2.03 bits per heavy atom. The van der Waals surface area contributed by atoms with E-state index in [1.54, 1.807) is 26.4 Å². The summed E-state index contributed by atoms with van der Waals surface area (Å²) in [5.74, 6) is 3.03. The lowest BCUT2D eigenvalue weighted by Gasteiger charge is -2.14. The lowest BCUT2D eigenvalue weighted by atomic mass is 10.0. The second kappa shape index (κ2) is 9.09. The van der Waals surface area contributed by atoms with Gasteiger partial charge in [0.1, 0.15) is 6.04 Å². The maximum Gasteiger partial charge on any atom is 0.203 e. The summed E-state index contributed by atoms with van der Waals surface area (Å²) in [6.45, 7) is 0. The van der Waals surface area contributed by atoms with Crippen LogP contribution in [0.4, 0.5) is 0 Å². The number of Topliss-reactive ketones (excluding diaryl/α,β-unsaturated/α-hetero) is 1. The molecular formula is C21H23NO6S. The third kappa shape index (κ3) is 4.12. The van der Waals surface area contributed by atoms with Gasteiger partial charge in [0.25, 0.3) is 0 Å². The van der Waals surface area contributed by atoms with E-state index in [9.17, 15) is 4.79 Å². The van der Waals surface area contributed by atoms with Crippen molar-refractivity contribution in [2.75, 3.05) is 41.3 Å². The van der Waals surface area contributed by atoms with E-state index in [1.165, 1.54) is 33.1 Å². The fourth-order valence-corrected chi connectivity index (χ4v) is 4.09. The first-order valence-corrected chi connectivity index (χ1v) is 9.82. The molecule has 3 rings (SSSR count). The highest BCUT2D eigenvalue weighted by Crippen LogP contribution is 2.39. The summed E-state index contributed by atoms with van der Waals surface area (Å²) < 4.78 is 26.6. The van der Waals surface area contributed by atoms with Crippen molar-refractivity contribution in [1.82, 2.24) is 0 Å². The minimum atomic E-state index is -0.495. The van der Waals surface area contributed by atoms with Crippen molar-refractivity contribution in [2.24, 2.45) is 4.99 Å². The average molecular weight is 417 g/mol. The van der Waals surface area contributed by atoms with Gasteiger partial charge >= 0.3 is 0 Å². The molecule has 0 saturated carbocycles. The van der Waals surface area contributed by atoms with Crippen molar-refractivity contribution in [1.29, 1.82) is 0 Å². The SMILES string of the molecule is COc1ccc(C2=NC(C(=O)c3cc(OC)c(OC)c(OC)c3)CS2)cc1OC. The Balaban J connectivity index is 1.89. The largest absolute Gasteiger partial charge is 0.493 e. The number of carbonyl (C=O) groups is 1. The fraction of sp³-hybridized carbons (Fsp3) is 0.333. The summed E-state index contributed by atoms with van der Waals surface area (Å²) in [5.41, 5.74) is 1.34. The van der Waals surface area contributed by atoms with Crippen LogP contribution in [0.3, 0.4) is 0 Å². The number of methoxy groups -OCH3 is 5. The van der Waals surface area contributed by atoms with E-state index in [4.69, 9.17) is 23.7 Å². The van der Waals surface area contributed by atoms with Crippen LogP contribution in [0.1, 0.15) is 15.9 Å². The molecule has 0 amide bonds. The van der Waals surface area contributed by atoms with E-state index in [0.717, 1.165) is 10.6 Å². The van der Waals surface area contributed by atoms with Crippen molar-refractivity contribution < 1.29 is 28.5 Å². The van der Waals surface area contributed by atoms with Crippen LogP contribution in [-0.2, 0) is 0 Å². The first-order chi connectivity index (χ1) is 14.1. The van der Waals surface area contributed by atoms with Crippen molar-refractivity contribution in [3.63, 3.8) is 0 Å². The van der Waals surface area contributed by atoms with E-state index in [0.29, 0.717) is 40.1 Å². The number of carbonyl (C=O) groups excluding carboxylic acids is 1. The molecule has 0 aromatic heterocycles. The van der Waals surface area contributed by atoms with Gasteiger partial charge in [0, 0.05) is 16.9 Å². The van der Waals surface area contributed by atoms with Gasteiger partial charge in [-0.1, -0.05) is 0 Å². The van der Waals surface area contributed by atoms with E-state index in [1.807, 2.05) is 18.2 Å². The van der Waals surface area contributed by atoms with Gasteiger partial charge in [0.05, 0.1) is 40.6 Å². The topological polar surface area (TPSA) is 75.6 Å². The number of thioether (sulfide) groups is 1. The summed E-state index contributed by atoms with van der Waals surface area (Å²) in [5, 5.41) is 0.789. The first kappa shape index (κ1) is 20.9. The first-order valence-electron chi connectivity index (χ1n) is 8.83. The van der Waals surface area contributed by atoms with Crippen molar-refractivity contribution in [3.05, 3.63) is 41.5 Å². The van der Waals surface area contributed by atoms with Crippen molar-refractivity contribution in [3.8, 4) is 28.7 Å². The number of nitrogens with zero attached hydrogens (tertiary/aromatic N) is 1. The molecule has 0 N–H and O–H groups in total. The molecule has 2 aromatic rings. The Bertz CT molecular complexity index is 918. The third-order valence-corrected chi connectivity index (χ3v) is 5.63. The second-order valence-corrected chi connectivity index (χ2v) is 7.12. The molecular weight excluding hydrogens is 394 g/mol. The zero-order chi connectivity index (χ0) is 21.0. The molecule has 0 aliphatic carbocycles. The molecule has 1 aliphatic rings. The van der Waals surface area contributed by atoms with Crippen LogP contribution < -0.4 is 23.7 Å². The van der Waals surface area contributed by atoms with Crippen molar-refractivity contribution >= 4 is 22.6 Å². The van der Waals surface area contributed by atoms with Crippen LogP contribution in [-0.4, -0.2) is 58.2 Å². The van der Waals surface area contributed by atoms with Crippen LogP contribution in [0.2, 0.25) is 0 Å². The van der Waals surface area contributed by atoms with Gasteiger partial charge in [-0.2, -0.15) is 0 Å². The van der Waals surface area contributed by atoms with Crippen LogP contribution in [0.5, 0.6) is 28.7 Å². The summed E-state index contributed by atoms with van der Waals surface area (Å²) >= 11 is 1.53. The number of ether oxygens (including phenoxy) is 5. The van der Waals surface area contributed by atoms with Gasteiger partial charge in [0.2, 0.25) is 5.75 Å². The molecule has 0 bridgehead atoms. The molecule has 2 aromatic carbocycles. The number of hydrogen-bond donors (Lipinski definition) is 0. The fourth-order valence-electron chi connectivity index (χ4n) is 3.05. The van der Waals surface area contributed by atoms with Crippen LogP contribution in [0.15, 0.2) is 35.3 Å². The minimum Gasteiger partial charge on any atom is -0.493 e. The summed E-state index contributed by atoms with van der Waals surface area (Å²) in [7, 11) is 7.73. The Kier molecular flexibility index (Phi) is 6.53. The molecule has 29 heavy (non-hydrogen) atoms. The maximum atomic E-state index is 13.1. The number of benzene rings is 2. The van der Waals surface area contributed by atoms with E-state index < -0.39 is 6.04 Å². The predicted octanol–water partition coefficient (Wildman–Crippen LogP) is 3.47. The van der Waals surface area contributed by atoms with Crippen LogP contribution >= 0.6 is 11.8 Å². The van der Waals surface area contributed by atoms with Gasteiger partial charge < -0.3 is 23.7 Å². The molecule has 0 fully saturated rings. The van der Waals surface area contributed by atoms with Gasteiger partial charge in [-0.3, -0.25) is 9.79 Å². The smallest absolute Gasteiger partial charge is 0.203 e. The quantitative estimate of drug-likeness (QED) is 0.609. The molecule has 0 spiro atoms. The standard InChI is InChI=1S/C21H23NO6S/c1-24-15-7-6-12(8-16(15)25-2)21-22-14(11-29-21)19(23)13-9-17(26-3)20(28-5)18(10-13)27-4/h6-10,14H,11H2,1-5H3. The Morgan fingerprint density at radius 2 is 1.48 bits per heavy atom. The van der Waals surface area contributed by atoms with E-state index in [2.05, 4.69) is 4.99 Å². The third-order valence-electron chi connectivity index (χ3n) is 4.53. The molecule has 8 heteroatoms. The molecule has 1 unspecified atom stereocenters. The zero-order valence-corrected chi connectivity index (χ0v) is 17.8. The van der Waals surface area contributed by atoms with Gasteiger partial charge in [-0.05, 0) is 30.3 Å². The molecule has 7 nitrogen and oxygen atoms in total.